The minimum atomic E-state index is -0.423. The third-order valence-corrected chi connectivity index (χ3v) is 4.09. The summed E-state index contributed by atoms with van der Waals surface area (Å²) in [6.07, 6.45) is 3.30. The molecular weight excluding hydrogens is 325 g/mol. The van der Waals surface area contributed by atoms with E-state index in [0.29, 0.717) is 28.7 Å². The number of benzene rings is 1. The molecule has 1 amide bonds. The van der Waals surface area contributed by atoms with Gasteiger partial charge in [-0.15, -0.1) is 5.10 Å². The maximum atomic E-state index is 13.4. The van der Waals surface area contributed by atoms with Gasteiger partial charge in [0.1, 0.15) is 11.6 Å². The number of oxazole rings is 1. The first-order chi connectivity index (χ1) is 12.0. The molecule has 0 radical (unpaired) electrons. The Morgan fingerprint density at radius 2 is 2.16 bits per heavy atom. The van der Waals surface area contributed by atoms with Gasteiger partial charge in [0.15, 0.2) is 6.39 Å². The van der Waals surface area contributed by atoms with E-state index in [1.54, 1.807) is 19.9 Å². The van der Waals surface area contributed by atoms with Crippen LogP contribution in [0.4, 0.5) is 10.3 Å². The van der Waals surface area contributed by atoms with E-state index in [-0.39, 0.29) is 17.5 Å². The van der Waals surface area contributed by atoms with Gasteiger partial charge in [-0.25, -0.2) is 9.37 Å². The molecule has 4 rings (SSSR count). The molecule has 3 aromatic rings. The Hall–Kier alpha value is -3.03. The van der Waals surface area contributed by atoms with Crippen LogP contribution < -0.4 is 5.32 Å². The Labute approximate surface area is 142 Å². The van der Waals surface area contributed by atoms with Crippen molar-refractivity contribution in [3.63, 3.8) is 0 Å². The van der Waals surface area contributed by atoms with Gasteiger partial charge in [-0.2, -0.15) is 9.67 Å². The molecule has 0 unspecified atom stereocenters. The lowest BCUT2D eigenvalue weighted by Crippen LogP contribution is -2.17. The molecule has 2 aromatic heterocycles. The number of nitrogens with one attached hydrogen (secondary N) is 1. The Bertz CT molecular complexity index is 958. The van der Waals surface area contributed by atoms with E-state index in [1.807, 2.05) is 0 Å². The molecule has 1 fully saturated rings. The van der Waals surface area contributed by atoms with Crippen LogP contribution in [0.3, 0.4) is 0 Å². The molecule has 2 heterocycles. The second kappa shape index (κ2) is 5.80. The molecule has 8 heteroatoms. The summed E-state index contributed by atoms with van der Waals surface area (Å²) in [5.74, 6) is 0.463. The number of nitrogens with zero attached hydrogens (tertiary/aromatic N) is 4. The van der Waals surface area contributed by atoms with Crippen molar-refractivity contribution in [2.45, 2.75) is 32.6 Å². The summed E-state index contributed by atoms with van der Waals surface area (Å²) >= 11 is 0. The Morgan fingerprint density at radius 1 is 1.36 bits per heavy atom. The second-order valence-corrected chi connectivity index (χ2v) is 6.12. The highest BCUT2D eigenvalue weighted by atomic mass is 19.1. The number of anilines is 1. The number of halogens is 1. The van der Waals surface area contributed by atoms with E-state index in [0.717, 1.165) is 12.8 Å². The van der Waals surface area contributed by atoms with Crippen molar-refractivity contribution in [1.82, 2.24) is 19.7 Å². The highest BCUT2D eigenvalue weighted by Gasteiger charge is 2.32. The van der Waals surface area contributed by atoms with Gasteiger partial charge in [-0.3, -0.25) is 10.1 Å². The third kappa shape index (κ3) is 2.90. The van der Waals surface area contributed by atoms with Gasteiger partial charge in [-0.05, 0) is 50.5 Å². The molecule has 0 spiro atoms. The lowest BCUT2D eigenvalue weighted by atomic mass is 10.2. The quantitative estimate of drug-likeness (QED) is 0.788. The van der Waals surface area contributed by atoms with Gasteiger partial charge < -0.3 is 4.42 Å². The SMILES string of the molecule is Cc1nc(NC(=O)c2ocnc2C2CC2)n(-c2ccc(F)cc2C)n1. The molecule has 1 aliphatic rings. The maximum absolute atomic E-state index is 13.4. The number of aryl methyl sites for hydroxylation is 2. The van der Waals surface area contributed by atoms with Crippen LogP contribution in [0.15, 0.2) is 29.0 Å². The molecular formula is C17H16FN5O2. The number of hydrogen-bond acceptors (Lipinski definition) is 5. The Balaban J connectivity index is 1.67. The summed E-state index contributed by atoms with van der Waals surface area (Å²) in [7, 11) is 0. The minimum Gasteiger partial charge on any atom is -0.438 e. The first-order valence-electron chi connectivity index (χ1n) is 7.98. The van der Waals surface area contributed by atoms with E-state index < -0.39 is 5.91 Å². The van der Waals surface area contributed by atoms with Crippen LogP contribution in [-0.2, 0) is 0 Å². The molecule has 0 saturated heterocycles. The first-order valence-corrected chi connectivity index (χ1v) is 7.98. The van der Waals surface area contributed by atoms with Crippen LogP contribution in [0.25, 0.3) is 5.69 Å². The molecule has 0 aliphatic heterocycles. The molecule has 25 heavy (non-hydrogen) atoms. The van der Waals surface area contributed by atoms with Crippen LogP contribution in [-0.4, -0.2) is 25.7 Å². The van der Waals surface area contributed by atoms with Gasteiger partial charge >= 0.3 is 0 Å². The van der Waals surface area contributed by atoms with Crippen LogP contribution in [0.2, 0.25) is 0 Å². The van der Waals surface area contributed by atoms with Crippen molar-refractivity contribution in [2.24, 2.45) is 0 Å². The van der Waals surface area contributed by atoms with Crippen LogP contribution in [0.5, 0.6) is 0 Å². The predicted molar refractivity (Wildman–Crippen MR) is 87.2 cm³/mol. The van der Waals surface area contributed by atoms with Crippen LogP contribution >= 0.6 is 0 Å². The zero-order chi connectivity index (χ0) is 17.6. The van der Waals surface area contributed by atoms with Crippen molar-refractivity contribution >= 4 is 11.9 Å². The average Bonchev–Trinajstić information content (AvgIpc) is 3.17. The van der Waals surface area contributed by atoms with Crippen LogP contribution in [0.1, 0.15) is 46.4 Å². The number of carbonyl (C=O) groups excluding carboxylic acids is 1. The fourth-order valence-corrected chi connectivity index (χ4v) is 2.75. The van der Waals surface area contributed by atoms with Crippen molar-refractivity contribution in [1.29, 1.82) is 0 Å². The molecule has 1 aliphatic carbocycles. The zero-order valence-electron chi connectivity index (χ0n) is 13.8. The van der Waals surface area contributed by atoms with Crippen molar-refractivity contribution in [3.8, 4) is 5.69 Å². The van der Waals surface area contributed by atoms with Gasteiger partial charge in [-0.1, -0.05) is 0 Å². The fraction of sp³-hybridized carbons (Fsp3) is 0.294. The summed E-state index contributed by atoms with van der Waals surface area (Å²) in [6, 6.07) is 4.34. The number of amides is 1. The summed E-state index contributed by atoms with van der Waals surface area (Å²) < 4.78 is 20.1. The van der Waals surface area contributed by atoms with E-state index in [9.17, 15) is 9.18 Å². The predicted octanol–water partition coefficient (Wildman–Crippen LogP) is 3.14. The van der Waals surface area contributed by atoms with Gasteiger partial charge in [0.05, 0.1) is 11.4 Å². The minimum absolute atomic E-state index is 0.200. The van der Waals surface area contributed by atoms with E-state index in [2.05, 4.69) is 20.4 Å². The van der Waals surface area contributed by atoms with E-state index in [4.69, 9.17) is 4.42 Å². The molecule has 1 saturated carbocycles. The highest BCUT2D eigenvalue weighted by Crippen LogP contribution is 2.40. The molecule has 1 aromatic carbocycles. The lowest BCUT2D eigenvalue weighted by Gasteiger charge is -2.09. The molecule has 0 bridgehead atoms. The summed E-state index contributed by atoms with van der Waals surface area (Å²) in [5, 5.41) is 7.02. The smallest absolute Gasteiger partial charge is 0.295 e. The van der Waals surface area contributed by atoms with Gasteiger partial charge in [0, 0.05) is 5.92 Å². The second-order valence-electron chi connectivity index (χ2n) is 6.12. The number of carbonyl (C=O) groups is 1. The molecule has 1 N–H and O–H groups in total. The number of hydrogen-bond donors (Lipinski definition) is 1. The summed E-state index contributed by atoms with van der Waals surface area (Å²) in [6.45, 7) is 3.48. The molecule has 7 nitrogen and oxygen atoms in total. The topological polar surface area (TPSA) is 85.8 Å². The van der Waals surface area contributed by atoms with Gasteiger partial charge in [0.25, 0.3) is 5.91 Å². The Kier molecular flexibility index (Phi) is 3.60. The monoisotopic (exact) mass is 341 g/mol. The molecule has 128 valence electrons. The fourth-order valence-electron chi connectivity index (χ4n) is 2.75. The van der Waals surface area contributed by atoms with Crippen molar-refractivity contribution in [2.75, 3.05) is 5.32 Å². The summed E-state index contributed by atoms with van der Waals surface area (Å²) in [5.41, 5.74) is 1.99. The zero-order valence-corrected chi connectivity index (χ0v) is 13.8. The standard InChI is InChI=1S/C17H16FN5O2/c1-9-7-12(18)5-6-13(9)23-17(20-10(2)22-23)21-16(24)15-14(11-3-4-11)19-8-25-15/h5-8,11H,3-4H2,1-2H3,(H,20,21,22,24). The van der Waals surface area contributed by atoms with Crippen LogP contribution in [0, 0.1) is 19.7 Å². The van der Waals surface area contributed by atoms with E-state index in [1.165, 1.54) is 23.2 Å². The van der Waals surface area contributed by atoms with E-state index >= 15 is 0 Å². The maximum Gasteiger partial charge on any atom is 0.295 e. The molecule has 0 atom stereocenters. The average molecular weight is 341 g/mol. The third-order valence-electron chi connectivity index (χ3n) is 4.09. The Morgan fingerprint density at radius 3 is 2.88 bits per heavy atom. The lowest BCUT2D eigenvalue weighted by molar-refractivity contribution is 0.0994. The first kappa shape index (κ1) is 15.5. The van der Waals surface area contributed by atoms with Gasteiger partial charge in [0.2, 0.25) is 11.7 Å². The highest BCUT2D eigenvalue weighted by molar-refractivity contribution is 6.02. The summed E-state index contributed by atoms with van der Waals surface area (Å²) in [4.78, 5) is 21.0. The van der Waals surface area contributed by atoms with Crippen molar-refractivity contribution < 1.29 is 13.6 Å². The largest absolute Gasteiger partial charge is 0.438 e. The normalized spacial score (nSPS) is 13.9. The number of rotatable bonds is 4. The van der Waals surface area contributed by atoms with Crippen molar-refractivity contribution in [3.05, 3.63) is 53.3 Å². The number of aromatic nitrogens is 4.